The number of hydrogen-bond acceptors (Lipinski definition) is 6. The van der Waals surface area contributed by atoms with Crippen molar-refractivity contribution < 1.29 is 24.2 Å². The fraction of sp³-hybridized carbons (Fsp3) is 0.417. The van der Waals surface area contributed by atoms with Crippen LogP contribution in [0.1, 0.15) is 19.8 Å². The van der Waals surface area contributed by atoms with E-state index >= 15 is 0 Å². The third-order valence-corrected chi connectivity index (χ3v) is 6.41. The number of hydrogen-bond donors (Lipinski definition) is 2. The molecule has 2 saturated heterocycles. The van der Waals surface area contributed by atoms with Gasteiger partial charge in [-0.25, -0.2) is 0 Å². The van der Waals surface area contributed by atoms with Crippen LogP contribution >= 0.6 is 0 Å². The average molecular weight is 440 g/mol. The SMILES string of the molecule is COc1ccc(NC(=O)C(C(C)O)N2CCCC23CN(c2ccc(OC)cc2)C3=O)cc1. The minimum atomic E-state index is -0.939. The average Bonchev–Trinajstić information content (AvgIpc) is 3.24. The topological polar surface area (TPSA) is 91.3 Å². The van der Waals surface area contributed by atoms with Crippen molar-refractivity contribution in [3.8, 4) is 11.5 Å². The summed E-state index contributed by atoms with van der Waals surface area (Å²) >= 11 is 0. The van der Waals surface area contributed by atoms with E-state index in [4.69, 9.17) is 9.47 Å². The van der Waals surface area contributed by atoms with Gasteiger partial charge >= 0.3 is 0 Å². The second kappa shape index (κ2) is 8.80. The normalized spacial score (nSPS) is 22.4. The van der Waals surface area contributed by atoms with Gasteiger partial charge in [0.05, 0.1) is 26.9 Å². The third-order valence-electron chi connectivity index (χ3n) is 6.41. The molecule has 2 amide bonds. The molecule has 0 bridgehead atoms. The predicted molar refractivity (Wildman–Crippen MR) is 121 cm³/mol. The summed E-state index contributed by atoms with van der Waals surface area (Å²) in [6.07, 6.45) is 0.518. The minimum Gasteiger partial charge on any atom is -0.497 e. The maximum Gasteiger partial charge on any atom is 0.249 e. The molecule has 2 N–H and O–H groups in total. The molecular weight excluding hydrogens is 410 g/mol. The Kier molecular flexibility index (Phi) is 6.08. The molecule has 0 saturated carbocycles. The number of carbonyl (C=O) groups excluding carboxylic acids is 2. The number of methoxy groups -OCH3 is 2. The van der Waals surface area contributed by atoms with Gasteiger partial charge in [0, 0.05) is 17.9 Å². The first kappa shape index (κ1) is 22.1. The number of nitrogens with one attached hydrogen (secondary N) is 1. The maximum atomic E-state index is 13.4. The van der Waals surface area contributed by atoms with Gasteiger partial charge in [-0.05, 0) is 68.3 Å². The second-order valence-corrected chi connectivity index (χ2v) is 8.32. The van der Waals surface area contributed by atoms with Crippen LogP contribution < -0.4 is 19.7 Å². The summed E-state index contributed by atoms with van der Waals surface area (Å²) in [6, 6.07) is 13.5. The zero-order valence-corrected chi connectivity index (χ0v) is 18.6. The van der Waals surface area contributed by atoms with Gasteiger partial charge in [0.25, 0.3) is 0 Å². The van der Waals surface area contributed by atoms with Crippen molar-refractivity contribution in [2.75, 3.05) is 37.5 Å². The zero-order valence-electron chi connectivity index (χ0n) is 18.6. The molecule has 3 unspecified atom stereocenters. The van der Waals surface area contributed by atoms with E-state index in [2.05, 4.69) is 5.32 Å². The van der Waals surface area contributed by atoms with Crippen molar-refractivity contribution >= 4 is 23.2 Å². The number of carbonyl (C=O) groups is 2. The van der Waals surface area contributed by atoms with Gasteiger partial charge in [0.1, 0.15) is 23.1 Å². The van der Waals surface area contributed by atoms with Crippen molar-refractivity contribution in [1.82, 2.24) is 4.90 Å². The summed E-state index contributed by atoms with van der Waals surface area (Å²) in [5.41, 5.74) is 0.637. The van der Waals surface area contributed by atoms with Crippen molar-refractivity contribution in [3.63, 3.8) is 0 Å². The monoisotopic (exact) mass is 439 g/mol. The van der Waals surface area contributed by atoms with E-state index in [1.807, 2.05) is 29.2 Å². The van der Waals surface area contributed by atoms with E-state index in [0.717, 1.165) is 17.9 Å². The Bertz CT molecular complexity index is 976. The largest absolute Gasteiger partial charge is 0.497 e. The van der Waals surface area contributed by atoms with E-state index < -0.39 is 17.7 Å². The Morgan fingerprint density at radius 1 is 1.06 bits per heavy atom. The number of anilines is 2. The van der Waals surface area contributed by atoms with Gasteiger partial charge in [-0.3, -0.25) is 14.5 Å². The van der Waals surface area contributed by atoms with Crippen LogP contribution in [0.15, 0.2) is 48.5 Å². The van der Waals surface area contributed by atoms with Crippen LogP contribution in [0.5, 0.6) is 11.5 Å². The standard InChI is InChI=1S/C24H29N3O5/c1-16(28)21(22(29)25-17-5-9-19(31-2)10-6-17)27-14-4-13-24(27)15-26(23(24)30)18-7-11-20(32-3)12-8-18/h5-12,16,21,28H,4,13-15H2,1-3H3,(H,25,29). The first-order valence-corrected chi connectivity index (χ1v) is 10.8. The lowest BCUT2D eigenvalue weighted by molar-refractivity contribution is -0.143. The van der Waals surface area contributed by atoms with E-state index in [1.165, 1.54) is 0 Å². The van der Waals surface area contributed by atoms with E-state index in [-0.39, 0.29) is 11.8 Å². The Morgan fingerprint density at radius 2 is 1.66 bits per heavy atom. The van der Waals surface area contributed by atoms with Crippen LogP contribution in [0, 0.1) is 0 Å². The molecule has 4 rings (SSSR count). The third kappa shape index (κ3) is 3.80. The van der Waals surface area contributed by atoms with Crippen LogP contribution in [-0.4, -0.2) is 66.8 Å². The summed E-state index contributed by atoms with van der Waals surface area (Å²) in [6.45, 7) is 2.65. The number of amides is 2. The molecule has 8 nitrogen and oxygen atoms in total. The predicted octanol–water partition coefficient (Wildman–Crippen LogP) is 2.27. The van der Waals surface area contributed by atoms with E-state index in [1.54, 1.807) is 50.3 Å². The summed E-state index contributed by atoms with van der Waals surface area (Å²) in [5.74, 6) is 1.04. The van der Waals surface area contributed by atoms with Gasteiger partial charge < -0.3 is 24.8 Å². The van der Waals surface area contributed by atoms with Crippen LogP contribution in [0.2, 0.25) is 0 Å². The molecule has 2 aliphatic heterocycles. The lowest BCUT2D eigenvalue weighted by Crippen LogP contribution is -2.75. The molecule has 8 heteroatoms. The quantitative estimate of drug-likeness (QED) is 0.644. The molecule has 3 atom stereocenters. The Balaban J connectivity index is 1.52. The molecule has 2 aliphatic rings. The van der Waals surface area contributed by atoms with Gasteiger partial charge in [-0.15, -0.1) is 0 Å². The van der Waals surface area contributed by atoms with Crippen molar-refractivity contribution in [2.45, 2.75) is 37.5 Å². The molecular formula is C24H29N3O5. The highest BCUT2D eigenvalue weighted by Gasteiger charge is 2.61. The molecule has 0 aromatic heterocycles. The molecule has 1 spiro atoms. The van der Waals surface area contributed by atoms with Crippen LogP contribution in [0.3, 0.4) is 0 Å². The van der Waals surface area contributed by atoms with Gasteiger partial charge in [-0.2, -0.15) is 0 Å². The van der Waals surface area contributed by atoms with Crippen molar-refractivity contribution in [3.05, 3.63) is 48.5 Å². The highest BCUT2D eigenvalue weighted by molar-refractivity contribution is 6.08. The first-order valence-electron chi connectivity index (χ1n) is 10.8. The number of likely N-dealkylation sites (tertiary alicyclic amines) is 1. The fourth-order valence-electron chi connectivity index (χ4n) is 4.75. The number of benzene rings is 2. The summed E-state index contributed by atoms with van der Waals surface area (Å²) in [4.78, 5) is 30.1. The van der Waals surface area contributed by atoms with Crippen molar-refractivity contribution in [2.24, 2.45) is 0 Å². The van der Waals surface area contributed by atoms with Gasteiger partial charge in [0.15, 0.2) is 0 Å². The molecule has 32 heavy (non-hydrogen) atoms. The number of aliphatic hydroxyl groups is 1. The number of ether oxygens (including phenoxy) is 2. The fourth-order valence-corrected chi connectivity index (χ4v) is 4.75. The second-order valence-electron chi connectivity index (χ2n) is 8.32. The Labute approximate surface area is 187 Å². The summed E-state index contributed by atoms with van der Waals surface area (Å²) in [5, 5.41) is 13.4. The van der Waals surface area contributed by atoms with Crippen LogP contribution in [0.4, 0.5) is 11.4 Å². The van der Waals surface area contributed by atoms with Gasteiger partial charge in [0.2, 0.25) is 11.8 Å². The number of β-lactam (4-membered cyclic amide) rings is 1. The number of aliphatic hydroxyl groups excluding tert-OH is 1. The molecule has 170 valence electrons. The zero-order chi connectivity index (χ0) is 22.9. The molecule has 2 aromatic rings. The molecule has 2 aromatic carbocycles. The van der Waals surface area contributed by atoms with Gasteiger partial charge in [-0.1, -0.05) is 0 Å². The van der Waals surface area contributed by atoms with Crippen LogP contribution in [-0.2, 0) is 9.59 Å². The number of rotatable bonds is 7. The Morgan fingerprint density at radius 3 is 2.19 bits per heavy atom. The smallest absolute Gasteiger partial charge is 0.249 e. The Hall–Kier alpha value is -3.10. The maximum absolute atomic E-state index is 13.4. The van der Waals surface area contributed by atoms with Crippen molar-refractivity contribution in [1.29, 1.82) is 0 Å². The lowest BCUT2D eigenvalue weighted by atomic mass is 9.83. The van der Waals surface area contributed by atoms with E-state index in [0.29, 0.717) is 30.9 Å². The summed E-state index contributed by atoms with van der Waals surface area (Å²) < 4.78 is 10.3. The molecule has 0 aliphatic carbocycles. The molecule has 2 fully saturated rings. The molecule has 2 heterocycles. The highest BCUT2D eigenvalue weighted by atomic mass is 16.5. The van der Waals surface area contributed by atoms with Crippen LogP contribution in [0.25, 0.3) is 0 Å². The molecule has 0 radical (unpaired) electrons. The first-order chi connectivity index (χ1) is 15.4. The number of nitrogens with zero attached hydrogens (tertiary/aromatic N) is 2. The lowest BCUT2D eigenvalue weighted by Gasteiger charge is -2.53. The minimum absolute atomic E-state index is 0.0388. The summed E-state index contributed by atoms with van der Waals surface area (Å²) in [7, 11) is 3.18. The van der Waals surface area contributed by atoms with E-state index in [9.17, 15) is 14.7 Å². The highest BCUT2D eigenvalue weighted by Crippen LogP contribution is 2.43.